The van der Waals surface area contributed by atoms with Crippen molar-refractivity contribution in [2.75, 3.05) is 0 Å². The van der Waals surface area contributed by atoms with Crippen LogP contribution in [0.3, 0.4) is 0 Å². The van der Waals surface area contributed by atoms with E-state index in [0.29, 0.717) is 0 Å². The summed E-state index contributed by atoms with van der Waals surface area (Å²) in [6.45, 7) is 0. The molecule has 1 aliphatic rings. The standard InChI is InChI=1S/C66H44N3/c1-5-18-45(19-6-1)47-32-34-49(35-33-47)62-43-52(46-20-7-2-8-21-46)44-69(68-62)55-38-36-48(37-39-55)50-22-17-23-51(42-50)65-64-57(56-28-14-16-31-61(56)67-65)40-41-60-63(64)58-29-13-15-30-59(58)66(60,53-24-9-3-10-25-53)54-26-11-4-12-27-54/h1-44H/q+1. The molecule has 0 radical (unpaired) electrons. The number of para-hydroxylation sites is 1. The lowest BCUT2D eigenvalue weighted by Crippen LogP contribution is -2.35. The van der Waals surface area contributed by atoms with E-state index in [1.165, 1.54) is 55.3 Å². The molecule has 0 spiro atoms. The summed E-state index contributed by atoms with van der Waals surface area (Å²) in [5, 5.41) is 8.73. The van der Waals surface area contributed by atoms with E-state index in [1.807, 2.05) is 4.68 Å². The lowest BCUT2D eigenvalue weighted by atomic mass is 9.67. The van der Waals surface area contributed by atoms with Crippen LogP contribution in [0.4, 0.5) is 0 Å². The maximum Gasteiger partial charge on any atom is 0.238 e. The van der Waals surface area contributed by atoms with Gasteiger partial charge < -0.3 is 0 Å². The van der Waals surface area contributed by atoms with Crippen LogP contribution in [-0.4, -0.2) is 10.1 Å². The van der Waals surface area contributed by atoms with Crippen molar-refractivity contribution in [2.45, 2.75) is 5.41 Å². The number of hydrogen-bond acceptors (Lipinski definition) is 2. The van der Waals surface area contributed by atoms with Crippen LogP contribution >= 0.6 is 0 Å². The first kappa shape index (κ1) is 40.2. The third-order valence-electron chi connectivity index (χ3n) is 14.1. The van der Waals surface area contributed by atoms with Gasteiger partial charge in [-0.15, -0.1) is 0 Å². The van der Waals surface area contributed by atoms with Gasteiger partial charge in [-0.25, -0.2) is 4.98 Å². The van der Waals surface area contributed by atoms with Crippen LogP contribution in [0.5, 0.6) is 0 Å². The quantitative estimate of drug-likeness (QED) is 0.112. The fraction of sp³-hybridized carbons (Fsp3) is 0.0152. The van der Waals surface area contributed by atoms with Crippen molar-refractivity contribution in [3.8, 4) is 72.7 Å². The molecule has 0 amide bonds. The zero-order chi connectivity index (χ0) is 45.7. The van der Waals surface area contributed by atoms with E-state index in [2.05, 4.69) is 267 Å². The number of aromatic nitrogens is 3. The largest absolute Gasteiger partial charge is 0.247 e. The summed E-state index contributed by atoms with van der Waals surface area (Å²) < 4.78 is 2.01. The van der Waals surface area contributed by atoms with E-state index in [-0.39, 0.29) is 0 Å². The zero-order valence-electron chi connectivity index (χ0n) is 37.7. The number of fused-ring (bicyclic) bond motifs is 7. The highest BCUT2D eigenvalue weighted by molar-refractivity contribution is 6.18. The molecule has 13 rings (SSSR count). The van der Waals surface area contributed by atoms with Crippen LogP contribution in [0.2, 0.25) is 0 Å². The molecule has 69 heavy (non-hydrogen) atoms. The Morgan fingerprint density at radius 2 is 0.884 bits per heavy atom. The molecule has 0 aliphatic heterocycles. The Kier molecular flexibility index (Phi) is 9.73. The molecule has 322 valence electrons. The van der Waals surface area contributed by atoms with Gasteiger partial charge in [0.1, 0.15) is 5.69 Å². The summed E-state index contributed by atoms with van der Waals surface area (Å²) in [5.74, 6) is 0. The van der Waals surface area contributed by atoms with E-state index in [4.69, 9.17) is 10.1 Å². The van der Waals surface area contributed by atoms with E-state index in [1.54, 1.807) is 0 Å². The van der Waals surface area contributed by atoms with Gasteiger partial charge in [-0.1, -0.05) is 223 Å². The van der Waals surface area contributed by atoms with Gasteiger partial charge in [-0.05, 0) is 96.9 Å². The minimum Gasteiger partial charge on any atom is -0.247 e. The lowest BCUT2D eigenvalue weighted by molar-refractivity contribution is -0.658. The van der Waals surface area contributed by atoms with E-state index in [9.17, 15) is 0 Å². The van der Waals surface area contributed by atoms with Crippen molar-refractivity contribution in [1.82, 2.24) is 10.1 Å². The maximum atomic E-state index is 5.58. The molecule has 3 heteroatoms. The summed E-state index contributed by atoms with van der Waals surface area (Å²) in [5.41, 5.74) is 19.8. The second-order valence-electron chi connectivity index (χ2n) is 17.9. The molecule has 3 nitrogen and oxygen atoms in total. The molecule has 2 heterocycles. The fourth-order valence-corrected chi connectivity index (χ4v) is 10.9. The van der Waals surface area contributed by atoms with Crippen molar-refractivity contribution in [3.05, 3.63) is 289 Å². The number of nitrogens with zero attached hydrogens (tertiary/aromatic N) is 3. The number of rotatable bonds is 8. The van der Waals surface area contributed by atoms with Gasteiger partial charge in [0.05, 0.1) is 22.2 Å². The predicted octanol–water partition coefficient (Wildman–Crippen LogP) is 15.8. The average molecular weight is 879 g/mol. The van der Waals surface area contributed by atoms with Gasteiger partial charge in [0, 0.05) is 39.1 Å². The number of pyridine rings is 1. The molecule has 2 aromatic heterocycles. The van der Waals surface area contributed by atoms with Crippen LogP contribution < -0.4 is 4.68 Å². The SMILES string of the molecule is c1ccc(-c2ccc(-c3cc(-c4ccccc4)c[n+](-c4ccc(-c5cccc(-c6nc7ccccc7c7ccc8c(c67)-c6ccccc6C8(c6ccccc6)c6ccccc6)c5)cc4)n3)cc2)cc1. The summed E-state index contributed by atoms with van der Waals surface area (Å²) in [7, 11) is 0. The molecule has 12 aromatic rings. The topological polar surface area (TPSA) is 29.7 Å². The van der Waals surface area contributed by atoms with E-state index >= 15 is 0 Å². The monoisotopic (exact) mass is 878 g/mol. The van der Waals surface area contributed by atoms with E-state index in [0.717, 1.165) is 61.4 Å². The number of benzene rings is 10. The first-order valence-electron chi connectivity index (χ1n) is 23.6. The summed E-state index contributed by atoms with van der Waals surface area (Å²) in [6, 6.07) is 94.0. The Morgan fingerprint density at radius 1 is 0.348 bits per heavy atom. The molecular weight excluding hydrogens is 835 g/mol. The third-order valence-corrected chi connectivity index (χ3v) is 14.1. The first-order chi connectivity index (χ1) is 34.2. The molecule has 0 unspecified atom stereocenters. The van der Waals surface area contributed by atoms with Crippen LogP contribution in [0.15, 0.2) is 267 Å². The second kappa shape index (κ2) is 16.7. The summed E-state index contributed by atoms with van der Waals surface area (Å²) >= 11 is 0. The van der Waals surface area contributed by atoms with Gasteiger partial charge in [0.25, 0.3) is 0 Å². The molecular formula is C66H44N3+. The normalized spacial score (nSPS) is 12.5. The molecule has 0 N–H and O–H groups in total. The van der Waals surface area contributed by atoms with Gasteiger partial charge in [-0.3, -0.25) is 0 Å². The molecule has 0 bridgehead atoms. The Hall–Kier alpha value is -9.05. The highest BCUT2D eigenvalue weighted by Crippen LogP contribution is 2.59. The van der Waals surface area contributed by atoms with E-state index < -0.39 is 5.41 Å². The molecule has 0 saturated heterocycles. The van der Waals surface area contributed by atoms with Crippen LogP contribution in [-0.2, 0) is 5.41 Å². The maximum absolute atomic E-state index is 5.58. The van der Waals surface area contributed by atoms with Crippen molar-refractivity contribution < 1.29 is 4.68 Å². The Bertz CT molecular complexity index is 3810. The minimum absolute atomic E-state index is 0.517. The molecule has 1 aliphatic carbocycles. The first-order valence-corrected chi connectivity index (χ1v) is 23.6. The molecule has 0 saturated carbocycles. The Morgan fingerprint density at radius 3 is 1.59 bits per heavy atom. The minimum atomic E-state index is -0.517. The highest BCUT2D eigenvalue weighted by Gasteiger charge is 2.47. The summed E-state index contributed by atoms with van der Waals surface area (Å²) in [6.07, 6.45) is 2.13. The Balaban J connectivity index is 0.939. The fourth-order valence-electron chi connectivity index (χ4n) is 10.9. The summed E-state index contributed by atoms with van der Waals surface area (Å²) in [4.78, 5) is 5.58. The van der Waals surface area contributed by atoms with Crippen LogP contribution in [0, 0.1) is 0 Å². The van der Waals surface area contributed by atoms with Crippen molar-refractivity contribution in [3.63, 3.8) is 0 Å². The van der Waals surface area contributed by atoms with Crippen LogP contribution in [0.25, 0.3) is 94.4 Å². The van der Waals surface area contributed by atoms with Crippen molar-refractivity contribution in [2.24, 2.45) is 0 Å². The zero-order valence-corrected chi connectivity index (χ0v) is 37.7. The van der Waals surface area contributed by atoms with Crippen molar-refractivity contribution in [1.29, 1.82) is 0 Å². The van der Waals surface area contributed by atoms with Gasteiger partial charge in [-0.2, -0.15) is 0 Å². The predicted molar refractivity (Wildman–Crippen MR) is 283 cm³/mol. The average Bonchev–Trinajstić information content (AvgIpc) is 3.75. The second-order valence-corrected chi connectivity index (χ2v) is 17.9. The smallest absolute Gasteiger partial charge is 0.238 e. The van der Waals surface area contributed by atoms with Crippen molar-refractivity contribution >= 4 is 21.7 Å². The lowest BCUT2D eigenvalue weighted by Gasteiger charge is -2.34. The van der Waals surface area contributed by atoms with Crippen LogP contribution in [0.1, 0.15) is 22.3 Å². The third kappa shape index (κ3) is 6.78. The molecule has 10 aromatic carbocycles. The highest BCUT2D eigenvalue weighted by atomic mass is 15.3. The number of hydrogen-bond donors (Lipinski definition) is 0. The molecule has 0 atom stereocenters. The van der Waals surface area contributed by atoms with Gasteiger partial charge >= 0.3 is 0 Å². The van der Waals surface area contributed by atoms with Gasteiger partial charge in [0.2, 0.25) is 11.9 Å². The van der Waals surface area contributed by atoms with Gasteiger partial charge in [0.15, 0.2) is 0 Å². The molecule has 0 fully saturated rings. The Labute approximate surface area is 402 Å².